The van der Waals surface area contributed by atoms with Gasteiger partial charge in [0.15, 0.2) is 0 Å². The van der Waals surface area contributed by atoms with Gasteiger partial charge in [0.05, 0.1) is 6.61 Å². The molecule has 0 unspecified atom stereocenters. The van der Waals surface area contributed by atoms with E-state index in [-0.39, 0.29) is 0 Å². The summed E-state index contributed by atoms with van der Waals surface area (Å²) in [5.74, 6) is 0. The Bertz CT molecular complexity index is 42.1. The van der Waals surface area contributed by atoms with Crippen LogP contribution in [0.25, 0.3) is 0 Å². The third-order valence-corrected chi connectivity index (χ3v) is 0.721. The quantitative estimate of drug-likeness (QED) is 0.426. The summed E-state index contributed by atoms with van der Waals surface area (Å²) in [4.78, 5) is 4.88. The molecule has 6 heavy (non-hydrogen) atoms. The minimum atomic E-state index is 0.802. The zero-order valence-corrected chi connectivity index (χ0v) is 3.77. The van der Waals surface area contributed by atoms with Crippen LogP contribution in [0, 0.1) is 0 Å². The van der Waals surface area contributed by atoms with Crippen LogP contribution in [0.15, 0.2) is 0 Å². The van der Waals surface area contributed by atoms with Crippen LogP contribution in [-0.2, 0) is 4.84 Å². The van der Waals surface area contributed by atoms with Crippen molar-refractivity contribution in [2.75, 3.05) is 20.2 Å². The number of nitrogens with one attached hydrogen (secondary N) is 1. The molecule has 1 aliphatic heterocycles. The van der Waals surface area contributed by atoms with Gasteiger partial charge in [0, 0.05) is 13.6 Å². The van der Waals surface area contributed by atoms with Crippen molar-refractivity contribution in [2.45, 2.75) is 0 Å². The summed E-state index contributed by atoms with van der Waals surface area (Å²) in [5, 5.41) is 1.61. The molecule has 0 radical (unpaired) electrons. The van der Waals surface area contributed by atoms with Crippen LogP contribution in [0.4, 0.5) is 0 Å². The molecule has 1 aliphatic rings. The van der Waals surface area contributed by atoms with Gasteiger partial charge in [-0.05, 0) is 0 Å². The zero-order valence-electron chi connectivity index (χ0n) is 3.77. The number of hydroxylamine groups is 1. The number of hydrogen-bond donors (Lipinski definition) is 1. The first-order valence-corrected chi connectivity index (χ1v) is 2.00. The molecule has 0 spiro atoms. The average molecular weight is 88.1 g/mol. The van der Waals surface area contributed by atoms with Gasteiger partial charge >= 0.3 is 0 Å². The van der Waals surface area contributed by atoms with Gasteiger partial charge in [0.2, 0.25) is 0 Å². The molecule has 1 N–H and O–H groups in total. The first-order chi connectivity index (χ1) is 2.89. The molecule has 1 fully saturated rings. The highest BCUT2D eigenvalue weighted by Crippen LogP contribution is 1.84. The Hall–Kier alpha value is -0.120. The van der Waals surface area contributed by atoms with E-state index in [0.717, 1.165) is 13.2 Å². The Labute approximate surface area is 36.8 Å². The standard InChI is InChI=1S/C3H8N2O/c1-5-4-2-3-6-5/h4H,2-3H2,1H3. The van der Waals surface area contributed by atoms with Crippen molar-refractivity contribution in [3.8, 4) is 0 Å². The van der Waals surface area contributed by atoms with Gasteiger partial charge in [0.25, 0.3) is 0 Å². The van der Waals surface area contributed by atoms with Gasteiger partial charge < -0.3 is 0 Å². The molecule has 36 valence electrons. The molecule has 3 heteroatoms. The van der Waals surface area contributed by atoms with Crippen molar-refractivity contribution in [1.29, 1.82) is 0 Å². The Morgan fingerprint density at radius 1 is 1.83 bits per heavy atom. The fourth-order valence-electron chi connectivity index (χ4n) is 0.431. The van der Waals surface area contributed by atoms with E-state index >= 15 is 0 Å². The molecular formula is C3H8N2O. The fourth-order valence-corrected chi connectivity index (χ4v) is 0.431. The van der Waals surface area contributed by atoms with Gasteiger partial charge in [-0.2, -0.15) is 0 Å². The van der Waals surface area contributed by atoms with E-state index in [1.54, 1.807) is 5.17 Å². The number of rotatable bonds is 0. The lowest BCUT2D eigenvalue weighted by molar-refractivity contribution is -0.117. The van der Waals surface area contributed by atoms with Crippen LogP contribution in [0.5, 0.6) is 0 Å². The minimum absolute atomic E-state index is 0.802. The van der Waals surface area contributed by atoms with Crippen molar-refractivity contribution in [3.05, 3.63) is 0 Å². The van der Waals surface area contributed by atoms with Crippen molar-refractivity contribution in [2.24, 2.45) is 0 Å². The van der Waals surface area contributed by atoms with E-state index in [1.165, 1.54) is 0 Å². The van der Waals surface area contributed by atoms with Gasteiger partial charge in [-0.15, -0.1) is 5.17 Å². The van der Waals surface area contributed by atoms with Crippen LogP contribution < -0.4 is 5.43 Å². The molecule has 1 heterocycles. The van der Waals surface area contributed by atoms with E-state index < -0.39 is 0 Å². The topological polar surface area (TPSA) is 24.5 Å². The molecule has 0 amide bonds. The van der Waals surface area contributed by atoms with Crippen LogP contribution in [0.1, 0.15) is 0 Å². The molecule has 0 aromatic carbocycles. The highest BCUT2D eigenvalue weighted by Gasteiger charge is 2.02. The van der Waals surface area contributed by atoms with Gasteiger partial charge in [-0.3, -0.25) is 4.84 Å². The van der Waals surface area contributed by atoms with Crippen LogP contribution >= 0.6 is 0 Å². The second kappa shape index (κ2) is 1.55. The molecule has 3 nitrogen and oxygen atoms in total. The van der Waals surface area contributed by atoms with E-state index in [2.05, 4.69) is 5.43 Å². The van der Waals surface area contributed by atoms with Crippen molar-refractivity contribution >= 4 is 0 Å². The van der Waals surface area contributed by atoms with Crippen molar-refractivity contribution in [1.82, 2.24) is 10.6 Å². The van der Waals surface area contributed by atoms with Crippen LogP contribution in [0.3, 0.4) is 0 Å². The number of hydrogen-bond acceptors (Lipinski definition) is 3. The van der Waals surface area contributed by atoms with Crippen molar-refractivity contribution < 1.29 is 4.84 Å². The molecule has 0 aliphatic carbocycles. The maximum Gasteiger partial charge on any atom is 0.0840 e. The van der Waals surface area contributed by atoms with Crippen LogP contribution in [0.2, 0.25) is 0 Å². The van der Waals surface area contributed by atoms with Gasteiger partial charge in [-0.25, -0.2) is 5.43 Å². The van der Waals surface area contributed by atoms with Crippen molar-refractivity contribution in [3.63, 3.8) is 0 Å². The molecular weight excluding hydrogens is 80.0 g/mol. The summed E-state index contributed by atoms with van der Waals surface area (Å²) in [6, 6.07) is 0. The molecule has 0 atom stereocenters. The summed E-state index contributed by atoms with van der Waals surface area (Å²) < 4.78 is 0. The first-order valence-electron chi connectivity index (χ1n) is 2.00. The summed E-state index contributed by atoms with van der Waals surface area (Å²) in [5.41, 5.74) is 2.93. The summed E-state index contributed by atoms with van der Waals surface area (Å²) in [7, 11) is 1.84. The maximum atomic E-state index is 4.88. The predicted molar refractivity (Wildman–Crippen MR) is 21.7 cm³/mol. The third kappa shape index (κ3) is 0.680. The Morgan fingerprint density at radius 3 is 2.83 bits per heavy atom. The van der Waals surface area contributed by atoms with E-state index in [0.29, 0.717) is 0 Å². The lowest BCUT2D eigenvalue weighted by Gasteiger charge is -2.01. The Kier molecular flexibility index (Phi) is 1.05. The van der Waals surface area contributed by atoms with E-state index in [9.17, 15) is 0 Å². The SMILES string of the molecule is CN1NCCO1. The highest BCUT2D eigenvalue weighted by molar-refractivity contribution is 4.38. The lowest BCUT2D eigenvalue weighted by atomic mass is 10.8. The Balaban J connectivity index is 2.18. The number of nitrogens with zero attached hydrogens (tertiary/aromatic N) is 1. The largest absolute Gasteiger partial charge is 0.283 e. The smallest absolute Gasteiger partial charge is 0.0840 e. The Morgan fingerprint density at radius 2 is 2.67 bits per heavy atom. The third-order valence-electron chi connectivity index (χ3n) is 0.721. The van der Waals surface area contributed by atoms with Gasteiger partial charge in [0.1, 0.15) is 0 Å². The summed E-state index contributed by atoms with van der Waals surface area (Å²) in [6.07, 6.45) is 0. The predicted octanol–water partition coefficient (Wildman–Crippen LogP) is -0.632. The number of hydrazine groups is 1. The minimum Gasteiger partial charge on any atom is -0.283 e. The van der Waals surface area contributed by atoms with E-state index in [4.69, 9.17) is 4.84 Å². The molecule has 0 bridgehead atoms. The molecule has 0 aromatic rings. The van der Waals surface area contributed by atoms with Gasteiger partial charge in [-0.1, -0.05) is 0 Å². The monoisotopic (exact) mass is 88.1 g/mol. The molecule has 0 aromatic heterocycles. The second-order valence-corrected chi connectivity index (χ2v) is 1.24. The average Bonchev–Trinajstić information content (AvgIpc) is 1.86. The summed E-state index contributed by atoms with van der Waals surface area (Å²) >= 11 is 0. The second-order valence-electron chi connectivity index (χ2n) is 1.24. The van der Waals surface area contributed by atoms with Crippen LogP contribution in [-0.4, -0.2) is 25.4 Å². The highest BCUT2D eigenvalue weighted by atomic mass is 16.7. The first kappa shape index (κ1) is 4.05. The lowest BCUT2D eigenvalue weighted by Crippen LogP contribution is -2.24. The fraction of sp³-hybridized carbons (Fsp3) is 1.00. The maximum absolute atomic E-state index is 4.88. The zero-order chi connectivity index (χ0) is 4.41. The molecule has 0 saturated carbocycles. The molecule has 1 saturated heterocycles. The summed E-state index contributed by atoms with van der Waals surface area (Å²) in [6.45, 7) is 1.74. The molecule has 1 rings (SSSR count). The van der Waals surface area contributed by atoms with E-state index in [1.807, 2.05) is 7.05 Å². The normalized spacial score (nSPS) is 25.5.